The van der Waals surface area contributed by atoms with Crippen LogP contribution >= 0.6 is 11.8 Å². The zero-order valence-electron chi connectivity index (χ0n) is 23.6. The van der Waals surface area contributed by atoms with E-state index in [0.29, 0.717) is 22.7 Å². The highest BCUT2D eigenvalue weighted by atomic mass is 32.2. The third-order valence-corrected chi connectivity index (χ3v) is 10.4. The van der Waals surface area contributed by atoms with E-state index in [1.54, 1.807) is 0 Å². The summed E-state index contributed by atoms with van der Waals surface area (Å²) < 4.78 is 2.47. The summed E-state index contributed by atoms with van der Waals surface area (Å²) in [6, 6.07) is 40.5. The van der Waals surface area contributed by atoms with Gasteiger partial charge in [-0.05, 0) is 23.8 Å². The summed E-state index contributed by atoms with van der Waals surface area (Å²) in [5.41, 5.74) is 8.28. The number of aromatic nitrogens is 4. The molecule has 0 amide bonds. The van der Waals surface area contributed by atoms with Crippen molar-refractivity contribution in [1.29, 1.82) is 0 Å². The summed E-state index contributed by atoms with van der Waals surface area (Å²) in [7, 11) is 0. The highest BCUT2D eigenvalue weighted by molar-refractivity contribution is 8.00. The molecule has 0 saturated carbocycles. The second-order valence-corrected chi connectivity index (χ2v) is 12.8. The van der Waals surface area contributed by atoms with Crippen LogP contribution in [0.4, 0.5) is 0 Å². The Bertz CT molecular complexity index is 2420. The Morgan fingerprint density at radius 1 is 0.591 bits per heavy atom. The van der Waals surface area contributed by atoms with Crippen molar-refractivity contribution in [2.24, 2.45) is 0 Å². The summed E-state index contributed by atoms with van der Waals surface area (Å²) in [5.74, 6) is 2.29. The van der Waals surface area contributed by atoms with Crippen molar-refractivity contribution in [1.82, 2.24) is 19.4 Å². The van der Waals surface area contributed by atoms with E-state index in [4.69, 9.17) is 15.0 Å². The van der Waals surface area contributed by atoms with Gasteiger partial charge in [-0.2, -0.15) is 0 Å². The van der Waals surface area contributed by atoms with E-state index in [9.17, 15) is 0 Å². The lowest BCUT2D eigenvalue weighted by atomic mass is 9.86. The molecule has 0 N–H and O–H groups in total. The molecule has 2 unspecified atom stereocenters. The van der Waals surface area contributed by atoms with Crippen LogP contribution in [0.25, 0.3) is 66.4 Å². The number of rotatable bonds is 3. The summed E-state index contributed by atoms with van der Waals surface area (Å²) >= 11 is 1.98. The van der Waals surface area contributed by atoms with Gasteiger partial charge in [0.1, 0.15) is 0 Å². The van der Waals surface area contributed by atoms with Gasteiger partial charge in [0.05, 0.1) is 16.6 Å². The van der Waals surface area contributed by atoms with Gasteiger partial charge in [-0.15, -0.1) is 11.8 Å². The van der Waals surface area contributed by atoms with Crippen molar-refractivity contribution < 1.29 is 0 Å². The minimum Gasteiger partial charge on any atom is -0.308 e. The first-order valence-electron chi connectivity index (χ1n) is 15.0. The molecule has 8 aromatic rings. The highest BCUT2D eigenvalue weighted by Crippen LogP contribution is 2.55. The van der Waals surface area contributed by atoms with Crippen LogP contribution in [0.3, 0.4) is 0 Å². The largest absolute Gasteiger partial charge is 0.308 e. The minimum atomic E-state index is 0.212. The maximum Gasteiger partial charge on any atom is 0.164 e. The van der Waals surface area contributed by atoms with Gasteiger partial charge in [-0.3, -0.25) is 0 Å². The van der Waals surface area contributed by atoms with Gasteiger partial charge >= 0.3 is 0 Å². The molecule has 5 heteroatoms. The van der Waals surface area contributed by atoms with Crippen LogP contribution in [-0.4, -0.2) is 24.6 Å². The van der Waals surface area contributed by atoms with Crippen molar-refractivity contribution in [3.63, 3.8) is 0 Å². The zero-order chi connectivity index (χ0) is 28.8. The predicted octanol–water partition coefficient (Wildman–Crippen LogP) is 9.57. The molecule has 5 aromatic carbocycles. The number of nitrogens with zero attached hydrogens (tertiary/aromatic N) is 4. The van der Waals surface area contributed by atoms with Crippen LogP contribution in [0.2, 0.25) is 0 Å². The van der Waals surface area contributed by atoms with E-state index in [2.05, 4.69) is 101 Å². The van der Waals surface area contributed by atoms with Crippen molar-refractivity contribution in [3.8, 4) is 22.8 Å². The molecule has 3 aromatic heterocycles. The second-order valence-electron chi connectivity index (χ2n) is 11.6. The standard InChI is InChI=1S/C39H24N4S/c1-3-11-23(12-4-1)37-40-38(24-13-5-2-6-14-24)42-39(41-37)25-19-20-32-29(21-25)34-33(44-32)22-28-26-15-7-9-17-30(26)43-31-18-10-8-16-27(31)35(34)36(28)43/h1-22,29,32H. The van der Waals surface area contributed by atoms with Crippen LogP contribution in [0.5, 0.6) is 0 Å². The first kappa shape index (κ1) is 24.2. The Hall–Kier alpha value is -5.26. The summed E-state index contributed by atoms with van der Waals surface area (Å²) in [5, 5.41) is 5.67. The Kier molecular flexibility index (Phi) is 5.02. The molecule has 0 spiro atoms. The van der Waals surface area contributed by atoms with Crippen LogP contribution < -0.4 is 0 Å². The molecular weight excluding hydrogens is 557 g/mol. The number of fused-ring (bicyclic) bond motifs is 10. The van der Waals surface area contributed by atoms with Crippen molar-refractivity contribution in [3.05, 3.63) is 145 Å². The van der Waals surface area contributed by atoms with E-state index < -0.39 is 0 Å². The van der Waals surface area contributed by atoms with Gasteiger partial charge in [0, 0.05) is 54.3 Å². The van der Waals surface area contributed by atoms with Gasteiger partial charge in [-0.25, -0.2) is 15.0 Å². The lowest BCUT2D eigenvalue weighted by Gasteiger charge is -2.19. The van der Waals surface area contributed by atoms with E-state index in [1.807, 2.05) is 48.2 Å². The number of para-hydroxylation sites is 2. The first-order valence-corrected chi connectivity index (χ1v) is 15.8. The average Bonchev–Trinajstić information content (AvgIpc) is 3.74. The summed E-state index contributed by atoms with van der Waals surface area (Å²) in [6.07, 6.45) is 6.96. The Balaban J connectivity index is 1.20. The number of hydrogen-bond acceptors (Lipinski definition) is 4. The lowest BCUT2D eigenvalue weighted by molar-refractivity contribution is 0.890. The van der Waals surface area contributed by atoms with Gasteiger partial charge in [0.15, 0.2) is 17.5 Å². The third-order valence-electron chi connectivity index (χ3n) is 9.11. The fourth-order valence-electron chi connectivity index (χ4n) is 7.20. The Morgan fingerprint density at radius 3 is 1.89 bits per heavy atom. The molecule has 0 saturated heterocycles. The zero-order valence-corrected chi connectivity index (χ0v) is 24.4. The predicted molar refractivity (Wildman–Crippen MR) is 181 cm³/mol. The van der Waals surface area contributed by atoms with Crippen LogP contribution in [0, 0.1) is 0 Å². The van der Waals surface area contributed by atoms with Crippen molar-refractivity contribution in [2.45, 2.75) is 16.1 Å². The second kappa shape index (κ2) is 9.12. The smallest absolute Gasteiger partial charge is 0.164 e. The fraction of sp³-hybridized carbons (Fsp3) is 0.0513. The van der Waals surface area contributed by atoms with E-state index in [1.165, 1.54) is 48.6 Å². The topological polar surface area (TPSA) is 43.1 Å². The van der Waals surface area contributed by atoms with Crippen LogP contribution in [-0.2, 0) is 0 Å². The Morgan fingerprint density at radius 2 is 1.18 bits per heavy atom. The molecule has 1 aliphatic carbocycles. The molecule has 0 bridgehead atoms. The molecule has 4 nitrogen and oxygen atoms in total. The van der Waals surface area contributed by atoms with Crippen LogP contribution in [0.15, 0.2) is 138 Å². The van der Waals surface area contributed by atoms with Crippen LogP contribution in [0.1, 0.15) is 17.3 Å². The van der Waals surface area contributed by atoms with Gasteiger partial charge in [0.2, 0.25) is 0 Å². The molecule has 1 aliphatic heterocycles. The number of allylic oxidation sites excluding steroid dienone is 3. The molecule has 4 heterocycles. The van der Waals surface area contributed by atoms with E-state index in [-0.39, 0.29) is 5.92 Å². The summed E-state index contributed by atoms with van der Waals surface area (Å²) in [4.78, 5) is 16.4. The van der Waals surface area contributed by atoms with E-state index in [0.717, 1.165) is 16.7 Å². The third kappa shape index (κ3) is 3.39. The maximum atomic E-state index is 5.04. The SMILES string of the molecule is C1=CC2Sc3cc4c5ccccc5n5c6ccccc6c(c3C2C=C1c1nc(-c2ccccc2)nc(-c2ccccc2)n1)c45. The molecule has 44 heavy (non-hydrogen) atoms. The maximum absolute atomic E-state index is 5.04. The minimum absolute atomic E-state index is 0.212. The molecule has 2 aliphatic rings. The monoisotopic (exact) mass is 580 g/mol. The van der Waals surface area contributed by atoms with Gasteiger partial charge in [0.25, 0.3) is 0 Å². The molecular formula is C39H24N4S. The molecule has 10 rings (SSSR count). The summed E-state index contributed by atoms with van der Waals surface area (Å²) in [6.45, 7) is 0. The lowest BCUT2D eigenvalue weighted by Crippen LogP contribution is -2.11. The molecule has 206 valence electrons. The van der Waals surface area contributed by atoms with Crippen molar-refractivity contribution in [2.75, 3.05) is 0 Å². The highest BCUT2D eigenvalue weighted by Gasteiger charge is 2.37. The molecule has 2 atom stereocenters. The van der Waals surface area contributed by atoms with E-state index >= 15 is 0 Å². The number of hydrogen-bond donors (Lipinski definition) is 0. The molecule has 0 fully saturated rings. The number of benzene rings is 5. The first-order chi connectivity index (χ1) is 21.8. The normalized spacial score (nSPS) is 17.5. The number of thioether (sulfide) groups is 1. The quantitative estimate of drug-likeness (QED) is 0.209. The average molecular weight is 581 g/mol. The fourth-order valence-corrected chi connectivity index (χ4v) is 8.57. The van der Waals surface area contributed by atoms with Gasteiger partial charge in [-0.1, -0.05) is 115 Å². The molecule has 0 radical (unpaired) electrons. The van der Waals surface area contributed by atoms with Gasteiger partial charge < -0.3 is 4.40 Å². The van der Waals surface area contributed by atoms with Crippen molar-refractivity contribution >= 4 is 55.4 Å². The Labute approximate surface area is 257 Å².